The van der Waals surface area contributed by atoms with Crippen LogP contribution in [-0.4, -0.2) is 31.1 Å². The summed E-state index contributed by atoms with van der Waals surface area (Å²) in [6.07, 6.45) is 0. The summed E-state index contributed by atoms with van der Waals surface area (Å²) < 4.78 is 0. The van der Waals surface area contributed by atoms with Crippen LogP contribution in [-0.2, 0) is 0 Å². The Morgan fingerprint density at radius 3 is 2.76 bits per heavy atom. The van der Waals surface area contributed by atoms with Gasteiger partial charge in [-0.3, -0.25) is 4.90 Å². The number of aryl methyl sites for hydroxylation is 1. The lowest BCUT2D eigenvalue weighted by Crippen LogP contribution is -2.50. The molecule has 108 valence electrons. The van der Waals surface area contributed by atoms with Gasteiger partial charge in [-0.1, -0.05) is 48.5 Å². The standard InChI is InChI=1S/C19H22N2/c1-14-6-5-9-16-17(15-7-3-2-4-8-15)13-21-11-10-20-12-18(21)19(14)16/h2-9,17-18,20H,10-13H2,1H3/t17-,18+/m0/s1. The van der Waals surface area contributed by atoms with Gasteiger partial charge in [0, 0.05) is 38.1 Å². The molecule has 0 radical (unpaired) electrons. The molecule has 0 spiro atoms. The Balaban J connectivity index is 1.85. The summed E-state index contributed by atoms with van der Waals surface area (Å²) in [5.41, 5.74) is 5.98. The van der Waals surface area contributed by atoms with Crippen molar-refractivity contribution < 1.29 is 0 Å². The van der Waals surface area contributed by atoms with E-state index in [1.807, 2.05) is 0 Å². The van der Waals surface area contributed by atoms with E-state index in [1.165, 1.54) is 16.7 Å². The van der Waals surface area contributed by atoms with Crippen molar-refractivity contribution in [2.24, 2.45) is 0 Å². The average molecular weight is 278 g/mol. The maximum Gasteiger partial charge on any atom is 0.0479 e. The second kappa shape index (κ2) is 5.28. The van der Waals surface area contributed by atoms with Crippen molar-refractivity contribution in [2.45, 2.75) is 18.9 Å². The van der Waals surface area contributed by atoms with Gasteiger partial charge in [-0.25, -0.2) is 0 Å². The molecule has 0 aromatic heterocycles. The van der Waals surface area contributed by atoms with Gasteiger partial charge in [0.2, 0.25) is 0 Å². The van der Waals surface area contributed by atoms with E-state index in [0.29, 0.717) is 12.0 Å². The third-order valence-corrected chi connectivity index (χ3v) is 5.04. The summed E-state index contributed by atoms with van der Waals surface area (Å²) in [6.45, 7) is 6.76. The maximum absolute atomic E-state index is 3.56. The highest BCUT2D eigenvalue weighted by Gasteiger charge is 2.35. The van der Waals surface area contributed by atoms with Crippen LogP contribution in [0, 0.1) is 6.92 Å². The van der Waals surface area contributed by atoms with E-state index in [0.717, 1.165) is 26.2 Å². The highest BCUT2D eigenvalue weighted by Crippen LogP contribution is 2.41. The van der Waals surface area contributed by atoms with Crippen LogP contribution in [0.15, 0.2) is 48.5 Å². The molecule has 0 amide bonds. The summed E-state index contributed by atoms with van der Waals surface area (Å²) in [7, 11) is 0. The van der Waals surface area contributed by atoms with Gasteiger partial charge in [0.15, 0.2) is 0 Å². The Hall–Kier alpha value is -1.64. The molecule has 2 aromatic carbocycles. The van der Waals surface area contributed by atoms with Gasteiger partial charge in [-0.05, 0) is 29.2 Å². The van der Waals surface area contributed by atoms with E-state index >= 15 is 0 Å². The van der Waals surface area contributed by atoms with Crippen molar-refractivity contribution in [3.8, 4) is 0 Å². The Morgan fingerprint density at radius 2 is 1.90 bits per heavy atom. The predicted molar refractivity (Wildman–Crippen MR) is 86.6 cm³/mol. The number of nitrogens with zero attached hydrogens (tertiary/aromatic N) is 1. The van der Waals surface area contributed by atoms with Gasteiger partial charge in [-0.15, -0.1) is 0 Å². The van der Waals surface area contributed by atoms with E-state index < -0.39 is 0 Å². The van der Waals surface area contributed by atoms with Crippen LogP contribution >= 0.6 is 0 Å². The maximum atomic E-state index is 3.56. The van der Waals surface area contributed by atoms with Gasteiger partial charge in [0.05, 0.1) is 0 Å². The Bertz CT molecular complexity index is 635. The zero-order valence-corrected chi connectivity index (χ0v) is 12.5. The minimum absolute atomic E-state index is 0.510. The molecular weight excluding hydrogens is 256 g/mol. The lowest BCUT2D eigenvalue weighted by atomic mass is 9.79. The van der Waals surface area contributed by atoms with Crippen LogP contribution in [0.25, 0.3) is 0 Å². The smallest absolute Gasteiger partial charge is 0.0479 e. The number of benzene rings is 2. The SMILES string of the molecule is Cc1cccc2c1[C@H]1CNCCN1C[C@H]2c1ccccc1. The molecule has 0 bridgehead atoms. The summed E-state index contributed by atoms with van der Waals surface area (Å²) in [5.74, 6) is 0.510. The third-order valence-electron chi connectivity index (χ3n) is 5.04. The zero-order chi connectivity index (χ0) is 14.2. The first-order valence-electron chi connectivity index (χ1n) is 7.93. The minimum atomic E-state index is 0.510. The van der Waals surface area contributed by atoms with E-state index in [-0.39, 0.29) is 0 Å². The van der Waals surface area contributed by atoms with Gasteiger partial charge >= 0.3 is 0 Å². The van der Waals surface area contributed by atoms with Crippen molar-refractivity contribution in [1.29, 1.82) is 0 Å². The second-order valence-corrected chi connectivity index (χ2v) is 6.26. The zero-order valence-electron chi connectivity index (χ0n) is 12.5. The molecule has 2 aliphatic heterocycles. The van der Waals surface area contributed by atoms with Crippen molar-refractivity contribution in [2.75, 3.05) is 26.2 Å². The first-order chi connectivity index (χ1) is 10.3. The second-order valence-electron chi connectivity index (χ2n) is 6.26. The van der Waals surface area contributed by atoms with Crippen molar-refractivity contribution in [3.05, 3.63) is 70.8 Å². The lowest BCUT2D eigenvalue weighted by molar-refractivity contribution is 0.142. The summed E-state index contributed by atoms with van der Waals surface area (Å²) in [4.78, 5) is 2.67. The Labute approximate surface area is 126 Å². The van der Waals surface area contributed by atoms with E-state index in [9.17, 15) is 0 Å². The third kappa shape index (κ3) is 2.19. The molecule has 0 saturated carbocycles. The molecular formula is C19H22N2. The summed E-state index contributed by atoms with van der Waals surface area (Å²) in [6, 6.07) is 18.4. The number of fused-ring (bicyclic) bond motifs is 3. The average Bonchev–Trinajstić information content (AvgIpc) is 2.55. The topological polar surface area (TPSA) is 15.3 Å². The molecule has 2 atom stereocenters. The van der Waals surface area contributed by atoms with Crippen LogP contribution in [0.4, 0.5) is 0 Å². The van der Waals surface area contributed by atoms with Crippen LogP contribution < -0.4 is 5.32 Å². The molecule has 1 fully saturated rings. The molecule has 2 nitrogen and oxygen atoms in total. The van der Waals surface area contributed by atoms with Crippen molar-refractivity contribution in [1.82, 2.24) is 10.2 Å². The first kappa shape index (κ1) is 13.1. The highest BCUT2D eigenvalue weighted by atomic mass is 15.2. The fourth-order valence-electron chi connectivity index (χ4n) is 4.02. The van der Waals surface area contributed by atoms with Gasteiger partial charge in [0.1, 0.15) is 0 Å². The molecule has 1 N–H and O–H groups in total. The van der Waals surface area contributed by atoms with Gasteiger partial charge in [0.25, 0.3) is 0 Å². The first-order valence-corrected chi connectivity index (χ1v) is 7.93. The molecule has 0 unspecified atom stereocenters. The number of piperazine rings is 1. The number of nitrogens with one attached hydrogen (secondary N) is 1. The monoisotopic (exact) mass is 278 g/mol. The fraction of sp³-hybridized carbons (Fsp3) is 0.368. The van der Waals surface area contributed by atoms with Gasteiger partial charge < -0.3 is 5.32 Å². The molecule has 1 saturated heterocycles. The summed E-state index contributed by atoms with van der Waals surface area (Å²) in [5, 5.41) is 3.56. The van der Waals surface area contributed by atoms with E-state index in [1.54, 1.807) is 5.56 Å². The Morgan fingerprint density at radius 1 is 1.05 bits per heavy atom. The fourth-order valence-corrected chi connectivity index (χ4v) is 4.02. The van der Waals surface area contributed by atoms with Crippen molar-refractivity contribution >= 4 is 0 Å². The normalized spacial score (nSPS) is 25.2. The van der Waals surface area contributed by atoms with Crippen LogP contribution in [0.5, 0.6) is 0 Å². The molecule has 0 aliphatic carbocycles. The largest absolute Gasteiger partial charge is 0.314 e. The number of rotatable bonds is 1. The van der Waals surface area contributed by atoms with E-state index in [4.69, 9.17) is 0 Å². The van der Waals surface area contributed by atoms with Crippen LogP contribution in [0.1, 0.15) is 34.2 Å². The van der Waals surface area contributed by atoms with Crippen LogP contribution in [0.2, 0.25) is 0 Å². The molecule has 2 heteroatoms. The molecule has 2 heterocycles. The number of hydrogen-bond acceptors (Lipinski definition) is 2. The minimum Gasteiger partial charge on any atom is -0.314 e. The Kier molecular flexibility index (Phi) is 3.28. The van der Waals surface area contributed by atoms with Crippen molar-refractivity contribution in [3.63, 3.8) is 0 Å². The van der Waals surface area contributed by atoms with Crippen LogP contribution in [0.3, 0.4) is 0 Å². The summed E-state index contributed by atoms with van der Waals surface area (Å²) >= 11 is 0. The molecule has 2 aromatic rings. The highest BCUT2D eigenvalue weighted by molar-refractivity contribution is 5.46. The predicted octanol–water partition coefficient (Wildman–Crippen LogP) is 3.09. The van der Waals surface area contributed by atoms with Gasteiger partial charge in [-0.2, -0.15) is 0 Å². The van der Waals surface area contributed by atoms with E-state index in [2.05, 4.69) is 65.7 Å². The number of hydrogen-bond donors (Lipinski definition) is 1. The lowest BCUT2D eigenvalue weighted by Gasteiger charge is -2.45. The molecule has 2 aliphatic rings. The molecule has 4 rings (SSSR count). The quantitative estimate of drug-likeness (QED) is 0.862. The molecule has 21 heavy (non-hydrogen) atoms.